The van der Waals surface area contributed by atoms with Crippen LogP contribution in [-0.2, 0) is 9.53 Å². The molecule has 0 bridgehead atoms. The lowest BCUT2D eigenvalue weighted by atomic mass is 10.1. The van der Waals surface area contributed by atoms with Gasteiger partial charge in [0, 0.05) is 15.5 Å². The molecule has 3 nitrogen and oxygen atoms in total. The zero-order valence-electron chi connectivity index (χ0n) is 8.17. The second kappa shape index (κ2) is 5.49. The lowest BCUT2D eigenvalue weighted by Gasteiger charge is -2.12. The molecule has 0 aliphatic heterocycles. The number of esters is 1. The van der Waals surface area contributed by atoms with Crippen LogP contribution in [0, 0.1) is 0 Å². The third-order valence-corrected chi connectivity index (χ3v) is 2.93. The van der Waals surface area contributed by atoms with Crippen LogP contribution in [0.3, 0.4) is 0 Å². The summed E-state index contributed by atoms with van der Waals surface area (Å²) in [6.07, 6.45) is 0.134. The molecular formula is C10H11BrClNO2. The normalized spacial score (nSPS) is 12.3. The van der Waals surface area contributed by atoms with E-state index in [0.29, 0.717) is 5.02 Å². The highest BCUT2D eigenvalue weighted by atomic mass is 79.9. The molecule has 5 heteroatoms. The number of benzene rings is 1. The Morgan fingerprint density at radius 3 is 2.93 bits per heavy atom. The summed E-state index contributed by atoms with van der Waals surface area (Å²) < 4.78 is 5.38. The van der Waals surface area contributed by atoms with E-state index in [1.54, 1.807) is 18.2 Å². The van der Waals surface area contributed by atoms with E-state index >= 15 is 0 Å². The van der Waals surface area contributed by atoms with Crippen molar-refractivity contribution in [3.63, 3.8) is 0 Å². The molecule has 82 valence electrons. The van der Waals surface area contributed by atoms with Gasteiger partial charge in [-0.2, -0.15) is 0 Å². The fourth-order valence-electron chi connectivity index (χ4n) is 1.17. The van der Waals surface area contributed by atoms with Gasteiger partial charge in [0.05, 0.1) is 13.5 Å². The number of hydrogen-bond donors (Lipinski definition) is 1. The maximum absolute atomic E-state index is 11.0. The largest absolute Gasteiger partial charge is 0.469 e. The average molecular weight is 293 g/mol. The van der Waals surface area contributed by atoms with Crippen molar-refractivity contribution in [1.29, 1.82) is 0 Å². The fraction of sp³-hybridized carbons (Fsp3) is 0.300. The molecule has 0 aliphatic rings. The maximum Gasteiger partial charge on any atom is 0.307 e. The molecule has 1 unspecified atom stereocenters. The highest BCUT2D eigenvalue weighted by Crippen LogP contribution is 2.27. The van der Waals surface area contributed by atoms with Crippen molar-refractivity contribution in [1.82, 2.24) is 0 Å². The van der Waals surface area contributed by atoms with Crippen molar-refractivity contribution < 1.29 is 9.53 Å². The quantitative estimate of drug-likeness (QED) is 0.871. The molecule has 15 heavy (non-hydrogen) atoms. The van der Waals surface area contributed by atoms with Crippen LogP contribution in [0.5, 0.6) is 0 Å². The minimum Gasteiger partial charge on any atom is -0.469 e. The van der Waals surface area contributed by atoms with Crippen LogP contribution in [0.15, 0.2) is 22.7 Å². The van der Waals surface area contributed by atoms with E-state index in [2.05, 4.69) is 20.7 Å². The van der Waals surface area contributed by atoms with Crippen LogP contribution in [-0.4, -0.2) is 13.1 Å². The molecule has 0 fully saturated rings. The number of halogens is 2. The number of ether oxygens (including phenoxy) is 1. The van der Waals surface area contributed by atoms with E-state index in [0.717, 1.165) is 10.0 Å². The van der Waals surface area contributed by atoms with Gasteiger partial charge in [0.2, 0.25) is 0 Å². The number of rotatable bonds is 3. The van der Waals surface area contributed by atoms with Gasteiger partial charge in [-0.05, 0) is 23.8 Å². The van der Waals surface area contributed by atoms with Crippen LogP contribution < -0.4 is 5.73 Å². The predicted molar refractivity (Wildman–Crippen MR) is 62.7 cm³/mol. The summed E-state index contributed by atoms with van der Waals surface area (Å²) in [6.45, 7) is 0. The van der Waals surface area contributed by atoms with Crippen molar-refractivity contribution in [2.24, 2.45) is 5.73 Å². The zero-order valence-corrected chi connectivity index (χ0v) is 10.5. The van der Waals surface area contributed by atoms with E-state index in [4.69, 9.17) is 17.3 Å². The third kappa shape index (κ3) is 3.48. The smallest absolute Gasteiger partial charge is 0.307 e. The number of carbonyl (C=O) groups excluding carboxylic acids is 1. The Morgan fingerprint density at radius 1 is 1.67 bits per heavy atom. The van der Waals surface area contributed by atoms with Gasteiger partial charge < -0.3 is 10.5 Å². The van der Waals surface area contributed by atoms with Crippen LogP contribution in [0.1, 0.15) is 18.0 Å². The second-order valence-electron chi connectivity index (χ2n) is 3.05. The first-order valence-corrected chi connectivity index (χ1v) is 5.49. The first kappa shape index (κ1) is 12.5. The van der Waals surface area contributed by atoms with Gasteiger partial charge >= 0.3 is 5.97 Å². The Bertz CT molecular complexity index is 370. The Balaban J connectivity index is 2.85. The van der Waals surface area contributed by atoms with Crippen molar-refractivity contribution in [3.05, 3.63) is 33.3 Å². The third-order valence-electron chi connectivity index (χ3n) is 1.97. The van der Waals surface area contributed by atoms with Crippen molar-refractivity contribution >= 4 is 33.5 Å². The summed E-state index contributed by atoms with van der Waals surface area (Å²) in [6, 6.07) is 4.87. The zero-order chi connectivity index (χ0) is 11.4. The van der Waals surface area contributed by atoms with E-state index in [1.165, 1.54) is 7.11 Å². The van der Waals surface area contributed by atoms with Gasteiger partial charge in [-0.3, -0.25) is 4.79 Å². The van der Waals surface area contributed by atoms with Crippen molar-refractivity contribution in [3.8, 4) is 0 Å². The first-order valence-electron chi connectivity index (χ1n) is 4.32. The molecule has 0 saturated heterocycles. The second-order valence-corrected chi connectivity index (χ2v) is 4.34. The van der Waals surface area contributed by atoms with Crippen LogP contribution in [0.2, 0.25) is 5.02 Å². The summed E-state index contributed by atoms with van der Waals surface area (Å²) in [5.74, 6) is -0.339. The minimum absolute atomic E-state index is 0.134. The van der Waals surface area contributed by atoms with E-state index < -0.39 is 6.04 Å². The fourth-order valence-corrected chi connectivity index (χ4v) is 1.89. The number of carbonyl (C=O) groups is 1. The molecule has 0 aromatic heterocycles. The van der Waals surface area contributed by atoms with Crippen molar-refractivity contribution in [2.75, 3.05) is 7.11 Å². The molecule has 0 heterocycles. The standard InChI is InChI=1S/C10H11BrClNO2/c1-15-10(14)5-9(13)7-4-6(12)2-3-8(7)11/h2-4,9H,5,13H2,1H3. The van der Waals surface area contributed by atoms with Gasteiger partial charge in [0.15, 0.2) is 0 Å². The molecule has 0 spiro atoms. The summed E-state index contributed by atoms with van der Waals surface area (Å²) in [5, 5.41) is 0.591. The lowest BCUT2D eigenvalue weighted by Crippen LogP contribution is -2.16. The molecule has 0 saturated carbocycles. The maximum atomic E-state index is 11.0. The lowest BCUT2D eigenvalue weighted by molar-refractivity contribution is -0.141. The number of hydrogen-bond acceptors (Lipinski definition) is 3. The van der Waals surface area contributed by atoms with Crippen LogP contribution in [0.4, 0.5) is 0 Å². The summed E-state index contributed by atoms with van der Waals surface area (Å²) in [7, 11) is 1.34. The minimum atomic E-state index is -0.412. The molecule has 0 radical (unpaired) electrons. The monoisotopic (exact) mass is 291 g/mol. The van der Waals surface area contributed by atoms with Crippen LogP contribution >= 0.6 is 27.5 Å². The first-order chi connectivity index (χ1) is 7.04. The molecule has 1 aromatic rings. The van der Waals surface area contributed by atoms with Gasteiger partial charge in [0.1, 0.15) is 0 Å². The Labute approximate surface area is 102 Å². The number of nitrogens with two attached hydrogens (primary N) is 1. The molecule has 0 aliphatic carbocycles. The highest BCUT2D eigenvalue weighted by molar-refractivity contribution is 9.10. The SMILES string of the molecule is COC(=O)CC(N)c1cc(Cl)ccc1Br. The Kier molecular flexibility index (Phi) is 4.57. The van der Waals surface area contributed by atoms with Crippen molar-refractivity contribution in [2.45, 2.75) is 12.5 Å². The summed E-state index contributed by atoms with van der Waals surface area (Å²) in [4.78, 5) is 11.0. The van der Waals surface area contributed by atoms with E-state index in [9.17, 15) is 4.79 Å². The topological polar surface area (TPSA) is 52.3 Å². The molecular weight excluding hydrogens is 281 g/mol. The highest BCUT2D eigenvalue weighted by Gasteiger charge is 2.14. The molecule has 1 rings (SSSR count). The summed E-state index contributed by atoms with van der Waals surface area (Å²) >= 11 is 9.19. The molecule has 0 amide bonds. The average Bonchev–Trinajstić information content (AvgIpc) is 2.21. The molecule has 1 aromatic carbocycles. The Morgan fingerprint density at radius 2 is 2.33 bits per heavy atom. The Hall–Kier alpha value is -0.580. The number of methoxy groups -OCH3 is 1. The van der Waals surface area contributed by atoms with Gasteiger partial charge in [-0.1, -0.05) is 27.5 Å². The van der Waals surface area contributed by atoms with Gasteiger partial charge in [0.25, 0.3) is 0 Å². The van der Waals surface area contributed by atoms with Gasteiger partial charge in [-0.15, -0.1) is 0 Å². The predicted octanol–water partition coefficient (Wildman–Crippen LogP) is 2.67. The van der Waals surface area contributed by atoms with Crippen LogP contribution in [0.25, 0.3) is 0 Å². The molecule has 2 N–H and O–H groups in total. The van der Waals surface area contributed by atoms with E-state index in [-0.39, 0.29) is 12.4 Å². The summed E-state index contributed by atoms with van der Waals surface area (Å²) in [5.41, 5.74) is 6.65. The van der Waals surface area contributed by atoms with E-state index in [1.807, 2.05) is 0 Å². The molecule has 1 atom stereocenters. The van der Waals surface area contributed by atoms with Gasteiger partial charge in [-0.25, -0.2) is 0 Å².